The van der Waals surface area contributed by atoms with Gasteiger partial charge in [-0.15, -0.1) is 11.3 Å². The number of likely N-dealkylation sites (tertiary alicyclic amines) is 1. The lowest BCUT2D eigenvalue weighted by Crippen LogP contribution is -2.39. The molecule has 1 aromatic heterocycles. The zero-order chi connectivity index (χ0) is 17.1. The van der Waals surface area contributed by atoms with Crippen molar-refractivity contribution in [2.24, 2.45) is 11.8 Å². The van der Waals surface area contributed by atoms with Crippen LogP contribution >= 0.6 is 11.3 Å². The molecule has 24 heavy (non-hydrogen) atoms. The Morgan fingerprint density at radius 3 is 2.88 bits per heavy atom. The monoisotopic (exact) mass is 349 g/mol. The molecule has 1 saturated heterocycles. The van der Waals surface area contributed by atoms with Gasteiger partial charge in [0.1, 0.15) is 0 Å². The first kappa shape index (κ1) is 17.4. The molecule has 0 radical (unpaired) electrons. The first-order valence-corrected chi connectivity index (χ1v) is 9.93. The molecule has 5 nitrogen and oxygen atoms in total. The Balaban J connectivity index is 1.51. The quantitative estimate of drug-likeness (QED) is 0.858. The first-order valence-electron chi connectivity index (χ1n) is 9.05. The fraction of sp³-hybridized carbons (Fsp3) is 0.722. The Labute approximate surface area is 147 Å². The molecular formula is C18H27N3O2S. The number of thiazole rings is 1. The van der Waals surface area contributed by atoms with Crippen molar-refractivity contribution in [1.29, 1.82) is 0 Å². The molecule has 6 heteroatoms. The number of rotatable bonds is 6. The highest BCUT2D eigenvalue weighted by Crippen LogP contribution is 2.35. The van der Waals surface area contributed by atoms with E-state index >= 15 is 0 Å². The van der Waals surface area contributed by atoms with Gasteiger partial charge in [0.05, 0.1) is 10.7 Å². The van der Waals surface area contributed by atoms with E-state index in [9.17, 15) is 9.59 Å². The zero-order valence-corrected chi connectivity index (χ0v) is 15.4. The minimum Gasteiger partial charge on any atom is -0.355 e. The Kier molecular flexibility index (Phi) is 5.54. The molecule has 1 atom stereocenters. The number of hydrogen-bond acceptors (Lipinski definition) is 4. The molecule has 2 amide bonds. The van der Waals surface area contributed by atoms with Crippen molar-refractivity contribution in [1.82, 2.24) is 15.2 Å². The second kappa shape index (κ2) is 7.64. The van der Waals surface area contributed by atoms with Crippen molar-refractivity contribution in [3.8, 4) is 0 Å². The molecule has 1 aliphatic heterocycles. The largest absolute Gasteiger partial charge is 0.355 e. The SMILES string of the molecule is CC(C)C(=O)NCCc1csc(C2CCCN(C(=O)C3CC3)C2)n1. The number of piperidine rings is 1. The van der Waals surface area contributed by atoms with Crippen LogP contribution in [0.2, 0.25) is 0 Å². The summed E-state index contributed by atoms with van der Waals surface area (Å²) < 4.78 is 0. The summed E-state index contributed by atoms with van der Waals surface area (Å²) in [6, 6.07) is 0. The smallest absolute Gasteiger partial charge is 0.225 e. The predicted molar refractivity (Wildman–Crippen MR) is 94.9 cm³/mol. The van der Waals surface area contributed by atoms with Crippen LogP contribution in [0.5, 0.6) is 0 Å². The van der Waals surface area contributed by atoms with Crippen LogP contribution in [0, 0.1) is 11.8 Å². The average molecular weight is 350 g/mol. The lowest BCUT2D eigenvalue weighted by atomic mass is 9.98. The fourth-order valence-corrected chi connectivity index (χ4v) is 4.09. The molecule has 1 N–H and O–H groups in total. The molecular weight excluding hydrogens is 322 g/mol. The Bertz CT molecular complexity index is 595. The second-order valence-corrected chi connectivity index (χ2v) is 8.16. The summed E-state index contributed by atoms with van der Waals surface area (Å²) in [6.07, 6.45) is 5.10. The van der Waals surface area contributed by atoms with E-state index < -0.39 is 0 Å². The molecule has 0 spiro atoms. The zero-order valence-electron chi connectivity index (χ0n) is 14.6. The molecule has 1 aliphatic carbocycles. The van der Waals surface area contributed by atoms with Gasteiger partial charge in [-0.05, 0) is 25.7 Å². The second-order valence-electron chi connectivity index (χ2n) is 7.27. The van der Waals surface area contributed by atoms with Crippen molar-refractivity contribution in [3.63, 3.8) is 0 Å². The van der Waals surface area contributed by atoms with Gasteiger partial charge in [0.2, 0.25) is 11.8 Å². The summed E-state index contributed by atoms with van der Waals surface area (Å²) in [5.74, 6) is 1.15. The third-order valence-corrected chi connectivity index (χ3v) is 5.84. The van der Waals surface area contributed by atoms with Gasteiger partial charge in [-0.1, -0.05) is 13.8 Å². The van der Waals surface area contributed by atoms with Gasteiger partial charge in [-0.3, -0.25) is 9.59 Å². The van der Waals surface area contributed by atoms with Crippen LogP contribution in [0.3, 0.4) is 0 Å². The highest BCUT2D eigenvalue weighted by Gasteiger charge is 2.36. The predicted octanol–water partition coefficient (Wildman–Crippen LogP) is 2.57. The van der Waals surface area contributed by atoms with Gasteiger partial charge in [0.25, 0.3) is 0 Å². The van der Waals surface area contributed by atoms with E-state index in [0.717, 1.165) is 55.9 Å². The summed E-state index contributed by atoms with van der Waals surface area (Å²) in [4.78, 5) is 30.7. The molecule has 3 rings (SSSR count). The van der Waals surface area contributed by atoms with E-state index in [2.05, 4.69) is 15.6 Å². The highest BCUT2D eigenvalue weighted by atomic mass is 32.1. The third-order valence-electron chi connectivity index (χ3n) is 4.78. The standard InChI is InChI=1S/C18H27N3O2S/c1-12(2)16(22)19-8-7-15-11-24-17(20-15)14-4-3-9-21(10-14)18(23)13-5-6-13/h11-14H,3-10H2,1-2H3,(H,19,22). The maximum atomic E-state index is 12.3. The van der Waals surface area contributed by atoms with E-state index in [4.69, 9.17) is 4.98 Å². The van der Waals surface area contributed by atoms with Gasteiger partial charge in [0.15, 0.2) is 0 Å². The van der Waals surface area contributed by atoms with E-state index in [1.807, 2.05) is 13.8 Å². The maximum absolute atomic E-state index is 12.3. The third kappa shape index (κ3) is 4.35. The normalized spacial score (nSPS) is 21.1. The van der Waals surface area contributed by atoms with Gasteiger partial charge in [0, 0.05) is 49.2 Å². The van der Waals surface area contributed by atoms with Crippen LogP contribution < -0.4 is 5.32 Å². The van der Waals surface area contributed by atoms with Crippen molar-refractivity contribution < 1.29 is 9.59 Å². The lowest BCUT2D eigenvalue weighted by molar-refractivity contribution is -0.133. The van der Waals surface area contributed by atoms with Gasteiger partial charge >= 0.3 is 0 Å². The number of amides is 2. The fourth-order valence-electron chi connectivity index (χ4n) is 3.11. The molecule has 1 aromatic rings. The molecule has 2 aliphatic rings. The van der Waals surface area contributed by atoms with Crippen LogP contribution in [-0.2, 0) is 16.0 Å². The Morgan fingerprint density at radius 1 is 1.38 bits per heavy atom. The van der Waals surface area contributed by atoms with Gasteiger partial charge < -0.3 is 10.2 Å². The van der Waals surface area contributed by atoms with Gasteiger partial charge in [-0.25, -0.2) is 4.98 Å². The van der Waals surface area contributed by atoms with Crippen molar-refractivity contribution >= 4 is 23.2 Å². The van der Waals surface area contributed by atoms with E-state index in [-0.39, 0.29) is 11.8 Å². The first-order chi connectivity index (χ1) is 11.5. The van der Waals surface area contributed by atoms with Crippen LogP contribution in [0.15, 0.2) is 5.38 Å². The van der Waals surface area contributed by atoms with E-state index in [0.29, 0.717) is 24.3 Å². The van der Waals surface area contributed by atoms with E-state index in [1.165, 1.54) is 0 Å². The molecule has 1 saturated carbocycles. The molecule has 2 fully saturated rings. The summed E-state index contributed by atoms with van der Waals surface area (Å²) in [6.45, 7) is 6.16. The topological polar surface area (TPSA) is 62.3 Å². The van der Waals surface area contributed by atoms with Crippen LogP contribution in [0.4, 0.5) is 0 Å². The van der Waals surface area contributed by atoms with Crippen molar-refractivity contribution in [2.45, 2.75) is 51.9 Å². The molecule has 2 heterocycles. The average Bonchev–Trinajstić information content (AvgIpc) is 3.33. The lowest BCUT2D eigenvalue weighted by Gasteiger charge is -2.32. The summed E-state index contributed by atoms with van der Waals surface area (Å²) in [7, 11) is 0. The number of nitrogens with one attached hydrogen (secondary N) is 1. The van der Waals surface area contributed by atoms with Crippen LogP contribution in [0.25, 0.3) is 0 Å². The maximum Gasteiger partial charge on any atom is 0.225 e. The minimum absolute atomic E-state index is 0.0215. The number of carbonyl (C=O) groups excluding carboxylic acids is 2. The number of carbonyl (C=O) groups is 2. The minimum atomic E-state index is 0.0215. The van der Waals surface area contributed by atoms with Crippen LogP contribution in [-0.4, -0.2) is 41.3 Å². The Hall–Kier alpha value is -1.43. The number of aromatic nitrogens is 1. The number of hydrogen-bond donors (Lipinski definition) is 1. The summed E-state index contributed by atoms with van der Waals surface area (Å²) >= 11 is 1.70. The van der Waals surface area contributed by atoms with Crippen molar-refractivity contribution in [3.05, 3.63) is 16.1 Å². The highest BCUT2D eigenvalue weighted by molar-refractivity contribution is 7.09. The summed E-state index contributed by atoms with van der Waals surface area (Å²) in [5.41, 5.74) is 1.05. The summed E-state index contributed by atoms with van der Waals surface area (Å²) in [5, 5.41) is 6.18. The molecule has 1 unspecified atom stereocenters. The molecule has 132 valence electrons. The van der Waals surface area contributed by atoms with E-state index in [1.54, 1.807) is 11.3 Å². The molecule has 0 aromatic carbocycles. The Morgan fingerprint density at radius 2 is 2.17 bits per heavy atom. The van der Waals surface area contributed by atoms with Crippen LogP contribution in [0.1, 0.15) is 56.2 Å². The van der Waals surface area contributed by atoms with Crippen molar-refractivity contribution in [2.75, 3.05) is 19.6 Å². The number of nitrogens with zero attached hydrogens (tertiary/aromatic N) is 2. The molecule has 0 bridgehead atoms. The van der Waals surface area contributed by atoms with Gasteiger partial charge in [-0.2, -0.15) is 0 Å².